The number of hydrogen-bond acceptors (Lipinski definition) is 6. The highest BCUT2D eigenvalue weighted by Gasteiger charge is 2.17. The quantitative estimate of drug-likeness (QED) is 0.447. The van der Waals surface area contributed by atoms with E-state index in [2.05, 4.69) is 17.2 Å². The molecule has 0 aliphatic carbocycles. The van der Waals surface area contributed by atoms with Crippen LogP contribution in [0.25, 0.3) is 11.0 Å². The molecule has 0 saturated heterocycles. The Balaban J connectivity index is 1.82. The highest BCUT2D eigenvalue weighted by Crippen LogP contribution is 2.29. The number of unbranched alkanes of at least 4 members (excludes halogenated alkanes) is 1. The maximum atomic E-state index is 12.5. The van der Waals surface area contributed by atoms with Crippen molar-refractivity contribution in [1.82, 2.24) is 9.55 Å². The highest BCUT2D eigenvalue weighted by molar-refractivity contribution is 7.99. The maximum Gasteiger partial charge on any atom is 0.238 e. The molecule has 3 rings (SSSR count). The number of amides is 1. The fourth-order valence-electron chi connectivity index (χ4n) is 3.00. The van der Waals surface area contributed by atoms with Crippen molar-refractivity contribution in [1.29, 1.82) is 0 Å². The smallest absolute Gasteiger partial charge is 0.238 e. The van der Waals surface area contributed by atoms with E-state index in [1.165, 1.54) is 31.0 Å². The molecule has 31 heavy (non-hydrogen) atoms. The molecule has 1 heterocycles. The molecule has 11 heteroatoms. The van der Waals surface area contributed by atoms with Crippen LogP contribution in [0.1, 0.15) is 19.8 Å². The average Bonchev–Trinajstić information content (AvgIpc) is 3.07. The van der Waals surface area contributed by atoms with Crippen LogP contribution in [-0.2, 0) is 21.4 Å². The van der Waals surface area contributed by atoms with Crippen molar-refractivity contribution in [2.24, 2.45) is 5.14 Å². The number of carbonyl (C=O) groups is 1. The summed E-state index contributed by atoms with van der Waals surface area (Å²) in [7, 11) is -2.31. The molecule has 0 atom stereocenters. The van der Waals surface area contributed by atoms with Crippen molar-refractivity contribution >= 4 is 56.0 Å². The van der Waals surface area contributed by atoms with Crippen LogP contribution in [0.3, 0.4) is 0 Å². The molecule has 0 saturated carbocycles. The van der Waals surface area contributed by atoms with E-state index in [1.54, 1.807) is 24.3 Å². The number of fused-ring (bicyclic) bond motifs is 1. The molecule has 2 aromatic carbocycles. The first kappa shape index (κ1) is 23.4. The van der Waals surface area contributed by atoms with Crippen LogP contribution in [0.4, 0.5) is 5.69 Å². The SMILES string of the molecule is CCCCn1c(SCC(=O)Nc2cc(Cl)ccc2OC)nc2cc(S(N)(=O)=O)ccc21. The summed E-state index contributed by atoms with van der Waals surface area (Å²) in [4.78, 5) is 17.1. The second-order valence-corrected chi connectivity index (χ2v) is 9.72. The minimum absolute atomic E-state index is 0.00230. The summed E-state index contributed by atoms with van der Waals surface area (Å²) < 4.78 is 30.6. The summed E-state index contributed by atoms with van der Waals surface area (Å²) >= 11 is 7.28. The van der Waals surface area contributed by atoms with E-state index in [-0.39, 0.29) is 16.6 Å². The van der Waals surface area contributed by atoms with E-state index in [1.807, 2.05) is 4.57 Å². The number of rotatable bonds is 9. The summed E-state index contributed by atoms with van der Waals surface area (Å²) in [6.07, 6.45) is 1.90. The summed E-state index contributed by atoms with van der Waals surface area (Å²) in [6.45, 7) is 2.78. The first-order valence-electron chi connectivity index (χ1n) is 9.52. The number of nitrogens with two attached hydrogens (primary N) is 1. The van der Waals surface area contributed by atoms with Crippen molar-refractivity contribution in [3.63, 3.8) is 0 Å². The maximum absolute atomic E-state index is 12.5. The number of nitrogens with zero attached hydrogens (tertiary/aromatic N) is 2. The third kappa shape index (κ3) is 5.70. The number of aryl methyl sites for hydroxylation is 1. The lowest BCUT2D eigenvalue weighted by Gasteiger charge is -2.11. The van der Waals surface area contributed by atoms with Crippen molar-refractivity contribution < 1.29 is 17.9 Å². The van der Waals surface area contributed by atoms with Crippen LogP contribution in [0.2, 0.25) is 5.02 Å². The number of benzene rings is 2. The highest BCUT2D eigenvalue weighted by atomic mass is 35.5. The molecule has 1 aromatic heterocycles. The van der Waals surface area contributed by atoms with E-state index in [0.29, 0.717) is 33.7 Å². The summed E-state index contributed by atoms with van der Waals surface area (Å²) in [5.41, 5.74) is 1.79. The first-order chi connectivity index (χ1) is 14.7. The van der Waals surface area contributed by atoms with Crippen LogP contribution in [0, 0.1) is 0 Å². The number of carbonyl (C=O) groups excluding carboxylic acids is 1. The molecule has 3 aromatic rings. The zero-order valence-corrected chi connectivity index (χ0v) is 19.5. The predicted octanol–water partition coefficient (Wildman–Crippen LogP) is 3.88. The zero-order valence-electron chi connectivity index (χ0n) is 17.1. The Labute approximate surface area is 190 Å². The van der Waals surface area contributed by atoms with Gasteiger partial charge in [0.1, 0.15) is 5.75 Å². The second-order valence-electron chi connectivity index (χ2n) is 6.78. The van der Waals surface area contributed by atoms with Crippen LogP contribution in [-0.4, -0.2) is 36.7 Å². The van der Waals surface area contributed by atoms with Gasteiger partial charge < -0.3 is 14.6 Å². The number of halogens is 1. The molecule has 0 bridgehead atoms. The fraction of sp³-hybridized carbons (Fsp3) is 0.300. The lowest BCUT2D eigenvalue weighted by molar-refractivity contribution is -0.113. The summed E-state index contributed by atoms with van der Waals surface area (Å²) in [6, 6.07) is 9.59. The molecular weight excluding hydrogens is 460 g/mol. The van der Waals surface area contributed by atoms with Gasteiger partial charge >= 0.3 is 0 Å². The first-order valence-corrected chi connectivity index (χ1v) is 12.4. The molecule has 8 nitrogen and oxygen atoms in total. The molecule has 0 unspecified atom stereocenters. The van der Waals surface area contributed by atoms with Gasteiger partial charge in [0, 0.05) is 11.6 Å². The summed E-state index contributed by atoms with van der Waals surface area (Å²) in [5.74, 6) is 0.367. The predicted molar refractivity (Wildman–Crippen MR) is 123 cm³/mol. The Morgan fingerprint density at radius 2 is 2.06 bits per heavy atom. The van der Waals surface area contributed by atoms with Gasteiger partial charge in [0.2, 0.25) is 15.9 Å². The molecule has 0 spiro atoms. The largest absolute Gasteiger partial charge is 0.495 e. The molecule has 1 amide bonds. The Morgan fingerprint density at radius 3 is 2.74 bits per heavy atom. The van der Waals surface area contributed by atoms with Gasteiger partial charge in [0.05, 0.1) is 34.5 Å². The summed E-state index contributed by atoms with van der Waals surface area (Å²) in [5, 5.41) is 9.14. The number of nitrogens with one attached hydrogen (secondary N) is 1. The van der Waals surface area contributed by atoms with Crippen LogP contribution >= 0.6 is 23.4 Å². The van der Waals surface area contributed by atoms with Crippen molar-refractivity contribution in [2.75, 3.05) is 18.2 Å². The van der Waals surface area contributed by atoms with E-state index in [9.17, 15) is 13.2 Å². The Hall–Kier alpha value is -2.27. The van der Waals surface area contributed by atoms with Crippen LogP contribution in [0.15, 0.2) is 46.5 Å². The number of imidazole rings is 1. The molecular formula is C20H23ClN4O4S2. The fourth-order valence-corrected chi connectivity index (χ4v) is 4.55. The molecule has 166 valence electrons. The number of thioether (sulfide) groups is 1. The number of aromatic nitrogens is 2. The topological polar surface area (TPSA) is 116 Å². The standard InChI is InChI=1S/C20H23ClN4O4S2/c1-3-4-9-25-17-7-6-14(31(22,27)28)11-15(17)24-20(25)30-12-19(26)23-16-10-13(21)5-8-18(16)29-2/h5-8,10-11H,3-4,9,12H2,1-2H3,(H,23,26)(H2,22,27,28). The Bertz CT molecular complexity index is 1210. The third-order valence-corrected chi connectivity index (χ3v) is 6.64. The van der Waals surface area contributed by atoms with Gasteiger partial charge in [-0.2, -0.15) is 0 Å². The normalized spacial score (nSPS) is 11.6. The van der Waals surface area contributed by atoms with E-state index in [4.69, 9.17) is 21.5 Å². The molecule has 3 N–H and O–H groups in total. The zero-order chi connectivity index (χ0) is 22.6. The van der Waals surface area contributed by atoms with Gasteiger partial charge in [-0.3, -0.25) is 4.79 Å². The van der Waals surface area contributed by atoms with Crippen molar-refractivity contribution in [3.8, 4) is 5.75 Å². The minimum atomic E-state index is -3.83. The lowest BCUT2D eigenvalue weighted by Crippen LogP contribution is -2.15. The number of methoxy groups -OCH3 is 1. The number of sulfonamides is 1. The van der Waals surface area contributed by atoms with E-state index in [0.717, 1.165) is 18.4 Å². The van der Waals surface area contributed by atoms with E-state index < -0.39 is 10.0 Å². The number of ether oxygens (including phenoxy) is 1. The van der Waals surface area contributed by atoms with E-state index >= 15 is 0 Å². The number of primary sulfonamides is 1. The molecule has 0 aliphatic heterocycles. The lowest BCUT2D eigenvalue weighted by atomic mass is 10.3. The Morgan fingerprint density at radius 1 is 1.29 bits per heavy atom. The van der Waals surface area contributed by atoms with Gasteiger partial charge in [0.15, 0.2) is 5.16 Å². The number of hydrogen-bond donors (Lipinski definition) is 2. The average molecular weight is 483 g/mol. The Kier molecular flexibility index (Phi) is 7.47. The van der Waals surface area contributed by atoms with Gasteiger partial charge in [-0.05, 0) is 42.8 Å². The molecule has 0 aliphatic rings. The number of anilines is 1. The molecule has 0 radical (unpaired) electrons. The van der Waals surface area contributed by atoms with Gasteiger partial charge in [0.25, 0.3) is 0 Å². The minimum Gasteiger partial charge on any atom is -0.495 e. The van der Waals surface area contributed by atoms with Crippen molar-refractivity contribution in [2.45, 2.75) is 36.4 Å². The molecule has 0 fully saturated rings. The monoisotopic (exact) mass is 482 g/mol. The van der Waals surface area contributed by atoms with Crippen LogP contribution in [0.5, 0.6) is 5.75 Å². The van der Waals surface area contributed by atoms with Crippen LogP contribution < -0.4 is 15.2 Å². The second kappa shape index (κ2) is 9.90. The van der Waals surface area contributed by atoms with Gasteiger partial charge in [-0.1, -0.05) is 36.7 Å². The third-order valence-electron chi connectivity index (χ3n) is 4.52. The van der Waals surface area contributed by atoms with Crippen molar-refractivity contribution in [3.05, 3.63) is 41.4 Å². The van der Waals surface area contributed by atoms with Gasteiger partial charge in [-0.15, -0.1) is 0 Å². The van der Waals surface area contributed by atoms with Gasteiger partial charge in [-0.25, -0.2) is 18.5 Å².